The van der Waals surface area contributed by atoms with Gasteiger partial charge in [-0.3, -0.25) is 9.98 Å². The van der Waals surface area contributed by atoms with Gasteiger partial charge < -0.3 is 0 Å². The van der Waals surface area contributed by atoms with Gasteiger partial charge in [-0.25, -0.2) is 0 Å². The Morgan fingerprint density at radius 3 is 1.59 bits per heavy atom. The van der Waals surface area contributed by atoms with Crippen molar-refractivity contribution >= 4 is 22.8 Å². The van der Waals surface area contributed by atoms with Crippen LogP contribution in [0.4, 0.5) is 11.4 Å². The number of hydrogen-bond donors (Lipinski definition) is 0. The molecular formula is C29H34N2Pd. The van der Waals surface area contributed by atoms with E-state index in [9.17, 15) is 0 Å². The van der Waals surface area contributed by atoms with Gasteiger partial charge in [-0.05, 0) is 75.9 Å². The Kier molecular flexibility index (Phi) is 14.0. The second-order valence-electron chi connectivity index (χ2n) is 7.53. The van der Waals surface area contributed by atoms with Crippen molar-refractivity contribution in [3.8, 4) is 23.7 Å². The van der Waals surface area contributed by atoms with E-state index in [4.69, 9.17) is 9.98 Å². The average Bonchev–Trinajstić information content (AvgIpc) is 2.77. The Bertz CT molecular complexity index is 1030. The zero-order valence-corrected chi connectivity index (χ0v) is 21.3. The molecule has 0 radical (unpaired) electrons. The fraction of sp³-hybridized carbons (Fsp3) is 0.379. The predicted molar refractivity (Wildman–Crippen MR) is 136 cm³/mol. The van der Waals surface area contributed by atoms with Gasteiger partial charge in [0.1, 0.15) is 0 Å². The molecule has 170 valence electrons. The normalized spacial score (nSPS) is 11.0. The van der Waals surface area contributed by atoms with E-state index in [1.165, 1.54) is 12.8 Å². The first-order chi connectivity index (χ1) is 15.2. The zero-order valence-electron chi connectivity index (χ0n) is 19.8. The summed E-state index contributed by atoms with van der Waals surface area (Å²) < 4.78 is 0. The molecule has 0 aromatic heterocycles. The Morgan fingerprint density at radius 2 is 1.16 bits per heavy atom. The topological polar surface area (TPSA) is 24.7 Å². The Morgan fingerprint density at radius 1 is 0.688 bits per heavy atom. The van der Waals surface area contributed by atoms with Crippen molar-refractivity contribution in [3.05, 3.63) is 59.7 Å². The van der Waals surface area contributed by atoms with Crippen molar-refractivity contribution in [2.75, 3.05) is 0 Å². The van der Waals surface area contributed by atoms with Gasteiger partial charge in [0.2, 0.25) is 0 Å². The molecule has 0 fully saturated rings. The molecule has 2 rings (SSSR count). The van der Waals surface area contributed by atoms with Crippen LogP contribution in [-0.2, 0) is 20.4 Å². The number of rotatable bonds is 10. The molecule has 0 spiro atoms. The SMILES string of the molecule is CC#Cc1cccc(N=C(CCCC)C(CCCCC)=Nc2cccc(C#CC)c2)c1.[Pd]. The van der Waals surface area contributed by atoms with E-state index in [2.05, 4.69) is 55.7 Å². The fourth-order valence-corrected chi connectivity index (χ4v) is 3.32. The summed E-state index contributed by atoms with van der Waals surface area (Å²) in [4.78, 5) is 10.1. The maximum absolute atomic E-state index is 5.07. The van der Waals surface area contributed by atoms with Crippen LogP contribution in [0.5, 0.6) is 0 Å². The van der Waals surface area contributed by atoms with Crippen LogP contribution in [0.25, 0.3) is 0 Å². The Hall–Kier alpha value is -2.44. The summed E-state index contributed by atoms with van der Waals surface area (Å²) in [6, 6.07) is 16.3. The third-order valence-electron chi connectivity index (χ3n) is 4.88. The van der Waals surface area contributed by atoms with Crippen LogP contribution in [0.1, 0.15) is 83.8 Å². The van der Waals surface area contributed by atoms with E-state index < -0.39 is 0 Å². The van der Waals surface area contributed by atoms with E-state index in [-0.39, 0.29) is 20.4 Å². The van der Waals surface area contributed by atoms with Crippen molar-refractivity contribution in [3.63, 3.8) is 0 Å². The van der Waals surface area contributed by atoms with Crippen LogP contribution < -0.4 is 0 Å². The first-order valence-corrected chi connectivity index (χ1v) is 11.4. The van der Waals surface area contributed by atoms with Gasteiger partial charge in [-0.1, -0.05) is 57.1 Å². The molecule has 0 unspecified atom stereocenters. The Labute approximate surface area is 208 Å². The molecule has 0 aliphatic heterocycles. The molecule has 0 bridgehead atoms. The minimum atomic E-state index is 0. The van der Waals surface area contributed by atoms with Crippen LogP contribution in [0, 0.1) is 23.7 Å². The van der Waals surface area contributed by atoms with Crippen LogP contribution in [0.15, 0.2) is 58.5 Å². The predicted octanol–water partition coefficient (Wildman–Crippen LogP) is 8.04. The minimum Gasteiger partial charge on any atom is -0.252 e. The monoisotopic (exact) mass is 516 g/mol. The summed E-state index contributed by atoms with van der Waals surface area (Å²) in [6.45, 7) is 8.17. The molecule has 0 heterocycles. The third-order valence-corrected chi connectivity index (χ3v) is 4.88. The van der Waals surface area contributed by atoms with E-state index >= 15 is 0 Å². The summed E-state index contributed by atoms with van der Waals surface area (Å²) in [6.07, 6.45) is 7.60. The summed E-state index contributed by atoms with van der Waals surface area (Å²) in [5.41, 5.74) is 6.06. The molecule has 2 nitrogen and oxygen atoms in total. The summed E-state index contributed by atoms with van der Waals surface area (Å²) >= 11 is 0. The van der Waals surface area contributed by atoms with E-state index in [1.807, 2.05) is 44.2 Å². The summed E-state index contributed by atoms with van der Waals surface area (Å²) in [5, 5.41) is 0. The quantitative estimate of drug-likeness (QED) is 0.132. The van der Waals surface area contributed by atoms with Gasteiger partial charge in [0.15, 0.2) is 0 Å². The van der Waals surface area contributed by atoms with Gasteiger partial charge in [-0.15, -0.1) is 11.8 Å². The van der Waals surface area contributed by atoms with Crippen LogP contribution in [0.3, 0.4) is 0 Å². The summed E-state index contributed by atoms with van der Waals surface area (Å²) in [5.74, 6) is 12.2. The molecule has 2 aromatic rings. The molecule has 0 N–H and O–H groups in total. The standard InChI is InChI=1S/C29H34N2.Pd/c1-5-9-11-21-29(31-27-19-13-17-25(23-27)15-8-4)28(20-10-6-2)30-26-18-12-16-24(22-26)14-7-3;/h12-13,16-19,22-23H,5-6,9-11,20-21H2,1-4H3;. The second kappa shape index (κ2) is 16.2. The van der Waals surface area contributed by atoms with Crippen molar-refractivity contribution in [1.82, 2.24) is 0 Å². The maximum Gasteiger partial charge on any atom is 0.0646 e. The number of nitrogens with zero attached hydrogens (tertiary/aromatic N) is 2. The number of hydrogen-bond acceptors (Lipinski definition) is 2. The fourth-order valence-electron chi connectivity index (χ4n) is 3.32. The van der Waals surface area contributed by atoms with Crippen LogP contribution in [-0.4, -0.2) is 11.4 Å². The molecule has 32 heavy (non-hydrogen) atoms. The van der Waals surface area contributed by atoms with Gasteiger partial charge in [-0.2, -0.15) is 0 Å². The number of benzene rings is 2. The van der Waals surface area contributed by atoms with Crippen molar-refractivity contribution < 1.29 is 20.4 Å². The molecule has 0 aliphatic carbocycles. The van der Waals surface area contributed by atoms with Gasteiger partial charge in [0.05, 0.1) is 22.8 Å². The molecule has 3 heteroatoms. The van der Waals surface area contributed by atoms with Crippen molar-refractivity contribution in [2.45, 2.75) is 72.6 Å². The maximum atomic E-state index is 5.07. The minimum absolute atomic E-state index is 0. The van der Waals surface area contributed by atoms with Crippen molar-refractivity contribution in [1.29, 1.82) is 0 Å². The largest absolute Gasteiger partial charge is 0.252 e. The van der Waals surface area contributed by atoms with Crippen LogP contribution >= 0.6 is 0 Å². The number of aliphatic imine (C=N–C) groups is 2. The molecule has 0 saturated carbocycles. The molecule has 0 amide bonds. The molecule has 0 saturated heterocycles. The third kappa shape index (κ3) is 9.79. The van der Waals surface area contributed by atoms with E-state index in [1.54, 1.807) is 0 Å². The van der Waals surface area contributed by atoms with Gasteiger partial charge >= 0.3 is 0 Å². The van der Waals surface area contributed by atoms with Crippen LogP contribution in [0.2, 0.25) is 0 Å². The zero-order chi connectivity index (χ0) is 22.3. The molecule has 2 aromatic carbocycles. The average molecular weight is 517 g/mol. The smallest absolute Gasteiger partial charge is 0.0646 e. The van der Waals surface area contributed by atoms with E-state index in [0.717, 1.165) is 66.0 Å². The first-order valence-electron chi connectivity index (χ1n) is 11.4. The molecular weight excluding hydrogens is 483 g/mol. The Balaban J connectivity index is 0.00000512. The number of unbranched alkanes of at least 4 members (excludes halogenated alkanes) is 3. The second-order valence-corrected chi connectivity index (χ2v) is 7.53. The summed E-state index contributed by atoms with van der Waals surface area (Å²) in [7, 11) is 0. The van der Waals surface area contributed by atoms with Crippen molar-refractivity contribution in [2.24, 2.45) is 9.98 Å². The van der Waals surface area contributed by atoms with E-state index in [0.29, 0.717) is 0 Å². The van der Waals surface area contributed by atoms with Gasteiger partial charge in [0, 0.05) is 31.5 Å². The van der Waals surface area contributed by atoms with Gasteiger partial charge in [0.25, 0.3) is 0 Å². The molecule has 0 aliphatic rings. The molecule has 0 atom stereocenters. The first kappa shape index (κ1) is 27.6.